The Morgan fingerprint density at radius 2 is 2.00 bits per heavy atom. The van der Waals surface area contributed by atoms with Gasteiger partial charge in [0.05, 0.1) is 0 Å². The first-order valence-electron chi connectivity index (χ1n) is 7.68. The van der Waals surface area contributed by atoms with Crippen molar-refractivity contribution in [3.05, 3.63) is 35.9 Å². The minimum atomic E-state index is -0.974. The molecule has 0 aliphatic rings. The van der Waals surface area contributed by atoms with Crippen LogP contribution in [0.5, 0.6) is 0 Å². The van der Waals surface area contributed by atoms with Gasteiger partial charge in [-0.3, -0.25) is 5.32 Å². The molecule has 1 aromatic carbocycles. The molecule has 1 rings (SSSR count). The van der Waals surface area contributed by atoms with Gasteiger partial charge in [0.15, 0.2) is 0 Å². The molecule has 1 aromatic rings. The molecule has 2 atom stereocenters. The molecule has 0 aliphatic heterocycles. The number of carboxylic acids is 1. The van der Waals surface area contributed by atoms with Gasteiger partial charge in [0, 0.05) is 0 Å². The normalized spacial score (nSPS) is 15.4. The highest BCUT2D eigenvalue weighted by Crippen LogP contribution is 2.28. The van der Waals surface area contributed by atoms with E-state index in [1.165, 1.54) is 6.42 Å². The molecule has 0 spiro atoms. The van der Waals surface area contributed by atoms with Crippen molar-refractivity contribution in [2.24, 2.45) is 5.92 Å². The Labute approximate surface area is 132 Å². The van der Waals surface area contributed by atoms with Crippen LogP contribution < -0.4 is 5.32 Å². The van der Waals surface area contributed by atoms with Crippen LogP contribution in [0.25, 0.3) is 0 Å². The van der Waals surface area contributed by atoms with Crippen molar-refractivity contribution in [3.8, 4) is 0 Å². The number of aliphatic carboxylic acids is 1. The number of hydrogen-bond donors (Lipinski definition) is 2. The summed E-state index contributed by atoms with van der Waals surface area (Å²) in [5.41, 5.74) is -0.137. The minimum Gasteiger partial charge on any atom is -0.480 e. The third-order valence-electron chi connectivity index (χ3n) is 3.83. The Morgan fingerprint density at radius 3 is 2.52 bits per heavy atom. The summed E-state index contributed by atoms with van der Waals surface area (Å²) < 4.78 is 0. The van der Waals surface area contributed by atoms with Crippen molar-refractivity contribution in [2.75, 3.05) is 18.1 Å². The third kappa shape index (κ3) is 5.04. The number of carboxylic acid groups (broad SMARTS) is 1. The summed E-state index contributed by atoms with van der Waals surface area (Å²) in [6.07, 6.45) is 1.77. The zero-order valence-electron chi connectivity index (χ0n) is 13.3. The van der Waals surface area contributed by atoms with E-state index in [0.29, 0.717) is 18.9 Å². The third-order valence-corrected chi connectivity index (χ3v) is 5.13. The van der Waals surface area contributed by atoms with Crippen LogP contribution in [-0.2, 0) is 10.3 Å². The Kier molecular flexibility index (Phi) is 7.83. The summed E-state index contributed by atoms with van der Waals surface area (Å²) in [6.45, 7) is 7.01. The Bertz CT molecular complexity index is 424. The van der Waals surface area contributed by atoms with E-state index in [1.807, 2.05) is 49.0 Å². The lowest BCUT2D eigenvalue weighted by Crippen LogP contribution is -2.49. The number of carbonyl (C=O) groups is 1. The van der Waals surface area contributed by atoms with Gasteiger partial charge in [-0.1, -0.05) is 57.5 Å². The van der Waals surface area contributed by atoms with Gasteiger partial charge in [-0.2, -0.15) is 11.8 Å². The largest absolute Gasteiger partial charge is 0.480 e. The fourth-order valence-corrected chi connectivity index (χ4v) is 3.55. The lowest BCUT2D eigenvalue weighted by Gasteiger charge is -2.31. The highest BCUT2D eigenvalue weighted by molar-refractivity contribution is 7.99. The fourth-order valence-electron chi connectivity index (χ4n) is 2.29. The molecule has 0 radical (unpaired) electrons. The molecule has 0 amide bonds. The molecular weight excluding hydrogens is 282 g/mol. The molecule has 0 heterocycles. The van der Waals surface area contributed by atoms with E-state index in [0.717, 1.165) is 17.1 Å². The Balaban J connectivity index is 2.80. The van der Waals surface area contributed by atoms with Crippen LogP contribution in [0.3, 0.4) is 0 Å². The van der Waals surface area contributed by atoms with Gasteiger partial charge in [-0.25, -0.2) is 4.79 Å². The molecule has 0 fully saturated rings. The molecule has 2 unspecified atom stereocenters. The lowest BCUT2D eigenvalue weighted by molar-refractivity contribution is -0.145. The van der Waals surface area contributed by atoms with Crippen molar-refractivity contribution in [2.45, 2.75) is 39.2 Å². The molecular formula is C17H27NO2S. The molecule has 0 aromatic heterocycles. The standard InChI is InChI=1S/C17H27NO2S/c1-4-14(3)13-21-12-11-17(16(19)20,18-5-2)15-9-7-6-8-10-15/h6-10,14,18H,4-5,11-13H2,1-3H3,(H,19,20). The van der Waals surface area contributed by atoms with Crippen molar-refractivity contribution >= 4 is 17.7 Å². The van der Waals surface area contributed by atoms with Crippen LogP contribution in [0.15, 0.2) is 30.3 Å². The maximum absolute atomic E-state index is 11.9. The summed E-state index contributed by atoms with van der Waals surface area (Å²) in [7, 11) is 0. The second-order valence-electron chi connectivity index (χ2n) is 5.45. The zero-order chi connectivity index (χ0) is 15.7. The molecule has 0 saturated heterocycles. The van der Waals surface area contributed by atoms with Crippen LogP contribution in [0.2, 0.25) is 0 Å². The van der Waals surface area contributed by atoms with Crippen LogP contribution in [-0.4, -0.2) is 29.1 Å². The van der Waals surface area contributed by atoms with Crippen molar-refractivity contribution in [1.82, 2.24) is 5.32 Å². The number of hydrogen-bond acceptors (Lipinski definition) is 3. The second-order valence-corrected chi connectivity index (χ2v) is 6.60. The van der Waals surface area contributed by atoms with Crippen molar-refractivity contribution in [1.29, 1.82) is 0 Å². The molecule has 0 saturated carbocycles. The van der Waals surface area contributed by atoms with Gasteiger partial charge in [-0.05, 0) is 36.0 Å². The summed E-state index contributed by atoms with van der Waals surface area (Å²) in [4.78, 5) is 11.9. The smallest absolute Gasteiger partial charge is 0.328 e. The van der Waals surface area contributed by atoms with Gasteiger partial charge in [-0.15, -0.1) is 0 Å². The van der Waals surface area contributed by atoms with E-state index >= 15 is 0 Å². The molecule has 3 nitrogen and oxygen atoms in total. The zero-order valence-corrected chi connectivity index (χ0v) is 14.1. The predicted octanol–water partition coefficient (Wildman–Crippen LogP) is 3.75. The van der Waals surface area contributed by atoms with E-state index in [9.17, 15) is 9.90 Å². The minimum absolute atomic E-state index is 0.598. The topological polar surface area (TPSA) is 49.3 Å². The van der Waals surface area contributed by atoms with E-state index < -0.39 is 11.5 Å². The summed E-state index contributed by atoms with van der Waals surface area (Å²) in [6, 6.07) is 9.51. The number of rotatable bonds is 10. The number of benzene rings is 1. The van der Waals surface area contributed by atoms with Crippen molar-refractivity contribution in [3.63, 3.8) is 0 Å². The fraction of sp³-hybridized carbons (Fsp3) is 0.588. The quantitative estimate of drug-likeness (QED) is 0.646. The summed E-state index contributed by atoms with van der Waals surface area (Å²) in [5.74, 6) is 1.83. The maximum Gasteiger partial charge on any atom is 0.328 e. The Morgan fingerprint density at radius 1 is 1.33 bits per heavy atom. The van der Waals surface area contributed by atoms with Gasteiger partial charge in [0.2, 0.25) is 0 Å². The average molecular weight is 309 g/mol. The molecule has 21 heavy (non-hydrogen) atoms. The van der Waals surface area contributed by atoms with Crippen LogP contribution in [0.4, 0.5) is 0 Å². The monoisotopic (exact) mass is 309 g/mol. The molecule has 118 valence electrons. The molecule has 0 bridgehead atoms. The predicted molar refractivity (Wildman–Crippen MR) is 90.8 cm³/mol. The van der Waals surface area contributed by atoms with Gasteiger partial charge in [0.25, 0.3) is 0 Å². The van der Waals surface area contributed by atoms with E-state index in [1.54, 1.807) is 0 Å². The van der Waals surface area contributed by atoms with Crippen molar-refractivity contribution < 1.29 is 9.90 Å². The van der Waals surface area contributed by atoms with Crippen LogP contribution >= 0.6 is 11.8 Å². The maximum atomic E-state index is 11.9. The second kappa shape index (κ2) is 9.11. The Hall–Kier alpha value is -1.00. The van der Waals surface area contributed by atoms with E-state index in [2.05, 4.69) is 19.2 Å². The lowest BCUT2D eigenvalue weighted by atomic mass is 9.87. The summed E-state index contributed by atoms with van der Waals surface area (Å²) in [5, 5.41) is 13.0. The highest BCUT2D eigenvalue weighted by atomic mass is 32.2. The molecule has 2 N–H and O–H groups in total. The average Bonchev–Trinajstić information content (AvgIpc) is 2.50. The number of nitrogens with one attached hydrogen (secondary N) is 1. The SMILES string of the molecule is CCNC(CCSCC(C)CC)(C(=O)O)c1ccccc1. The van der Waals surface area contributed by atoms with Gasteiger partial charge < -0.3 is 5.11 Å². The van der Waals surface area contributed by atoms with Gasteiger partial charge >= 0.3 is 5.97 Å². The van der Waals surface area contributed by atoms with Gasteiger partial charge in [0.1, 0.15) is 5.54 Å². The number of thioether (sulfide) groups is 1. The first-order valence-corrected chi connectivity index (χ1v) is 8.84. The summed E-state index contributed by atoms with van der Waals surface area (Å²) >= 11 is 1.85. The van der Waals surface area contributed by atoms with Crippen LogP contribution in [0.1, 0.15) is 39.2 Å². The first-order chi connectivity index (χ1) is 10.1. The number of likely N-dealkylation sites (N-methyl/N-ethyl adjacent to an activating group) is 1. The highest BCUT2D eigenvalue weighted by Gasteiger charge is 2.38. The first kappa shape index (κ1) is 18.1. The van der Waals surface area contributed by atoms with E-state index in [4.69, 9.17) is 0 Å². The molecule has 4 heteroatoms. The molecule has 0 aliphatic carbocycles. The van der Waals surface area contributed by atoms with Crippen LogP contribution in [0, 0.1) is 5.92 Å². The van der Waals surface area contributed by atoms with E-state index in [-0.39, 0.29) is 0 Å².